The van der Waals surface area contributed by atoms with Crippen molar-refractivity contribution in [1.82, 2.24) is 5.32 Å². The molecule has 0 rings (SSSR count). The Morgan fingerprint density at radius 2 is 2.18 bits per heavy atom. The second kappa shape index (κ2) is 4.40. The normalized spacial score (nSPS) is 11.7. The van der Waals surface area contributed by atoms with Crippen LogP contribution in [-0.2, 0) is 14.4 Å². The summed E-state index contributed by atoms with van der Waals surface area (Å²) in [6.45, 7) is 0. The van der Waals surface area contributed by atoms with Crippen LogP contribution in [0.2, 0.25) is 0 Å². The van der Waals surface area contributed by atoms with E-state index in [1.54, 1.807) is 5.32 Å². The largest absolute Gasteiger partial charge is 0.481 e. The number of aliphatic carboxylic acids is 1. The van der Waals surface area contributed by atoms with Gasteiger partial charge in [-0.05, 0) is 0 Å². The first-order valence-electron chi connectivity index (χ1n) is 2.79. The number of imide groups is 1. The van der Waals surface area contributed by atoms with Crippen LogP contribution < -0.4 is 11.1 Å². The quantitative estimate of drug-likeness (QED) is 0.414. The smallest absolute Gasteiger partial charge is 0.305 e. The van der Waals surface area contributed by atoms with Crippen LogP contribution >= 0.6 is 0 Å². The highest BCUT2D eigenvalue weighted by Gasteiger charge is 2.15. The van der Waals surface area contributed by atoms with Gasteiger partial charge in [0.25, 0.3) is 0 Å². The van der Waals surface area contributed by atoms with Crippen molar-refractivity contribution in [2.24, 2.45) is 5.73 Å². The molecule has 0 aliphatic carbocycles. The van der Waals surface area contributed by atoms with E-state index < -0.39 is 24.3 Å². The Balaban J connectivity index is 3.81. The zero-order chi connectivity index (χ0) is 8.85. The third-order valence-electron chi connectivity index (χ3n) is 0.932. The fourth-order valence-electron chi connectivity index (χ4n) is 0.446. The number of amides is 2. The zero-order valence-electron chi connectivity index (χ0n) is 5.61. The number of carbonyl (C=O) groups excluding carboxylic acids is 2. The number of carboxylic acids is 1. The second-order valence-corrected chi connectivity index (χ2v) is 1.83. The lowest BCUT2D eigenvalue weighted by atomic mass is 10.2. The van der Waals surface area contributed by atoms with Gasteiger partial charge in [-0.25, -0.2) is 0 Å². The number of nitrogens with one attached hydrogen (secondary N) is 1. The summed E-state index contributed by atoms with van der Waals surface area (Å²) in [7, 11) is 0. The maximum atomic E-state index is 10.5. The predicted octanol–water partition coefficient (Wildman–Crippen LogP) is -1.94. The van der Waals surface area contributed by atoms with E-state index in [4.69, 9.17) is 10.8 Å². The van der Waals surface area contributed by atoms with Crippen LogP contribution in [0.4, 0.5) is 0 Å². The number of nitrogens with two attached hydrogens (primary N) is 1. The lowest BCUT2D eigenvalue weighted by molar-refractivity contribution is -0.140. The van der Waals surface area contributed by atoms with Crippen LogP contribution in [-0.4, -0.2) is 29.4 Å². The Bertz CT molecular complexity index is 179. The molecule has 4 N–H and O–H groups in total. The Labute approximate surface area is 62.4 Å². The van der Waals surface area contributed by atoms with Gasteiger partial charge in [-0.15, -0.1) is 0 Å². The summed E-state index contributed by atoms with van der Waals surface area (Å²) < 4.78 is 0. The summed E-state index contributed by atoms with van der Waals surface area (Å²) in [4.78, 5) is 30.2. The van der Waals surface area contributed by atoms with Gasteiger partial charge >= 0.3 is 5.97 Å². The second-order valence-electron chi connectivity index (χ2n) is 1.83. The third-order valence-corrected chi connectivity index (χ3v) is 0.932. The molecule has 0 aromatic heterocycles. The van der Waals surface area contributed by atoms with E-state index in [-0.39, 0.29) is 6.41 Å². The van der Waals surface area contributed by atoms with Gasteiger partial charge in [0.15, 0.2) is 0 Å². The number of hydrogen-bond acceptors (Lipinski definition) is 4. The molecular weight excluding hydrogens is 152 g/mol. The summed E-state index contributed by atoms with van der Waals surface area (Å²) in [6.07, 6.45) is -0.330. The van der Waals surface area contributed by atoms with E-state index in [9.17, 15) is 14.4 Å². The molecule has 6 nitrogen and oxygen atoms in total. The van der Waals surface area contributed by atoms with E-state index in [2.05, 4.69) is 0 Å². The zero-order valence-corrected chi connectivity index (χ0v) is 5.61. The van der Waals surface area contributed by atoms with Crippen LogP contribution in [0.5, 0.6) is 0 Å². The molecule has 1 atom stereocenters. The molecule has 0 fully saturated rings. The molecule has 0 bridgehead atoms. The minimum atomic E-state index is -1.18. The van der Waals surface area contributed by atoms with Crippen molar-refractivity contribution in [3.8, 4) is 0 Å². The SMILES string of the molecule is N[C@@H](CC(=O)O)C(=O)NC=O. The predicted molar refractivity (Wildman–Crippen MR) is 34.4 cm³/mol. The monoisotopic (exact) mass is 160 g/mol. The number of carbonyl (C=O) groups is 3. The van der Waals surface area contributed by atoms with Crippen molar-refractivity contribution >= 4 is 18.3 Å². The van der Waals surface area contributed by atoms with Crippen molar-refractivity contribution in [3.63, 3.8) is 0 Å². The van der Waals surface area contributed by atoms with Gasteiger partial charge in [0, 0.05) is 0 Å². The van der Waals surface area contributed by atoms with Gasteiger partial charge in [-0.3, -0.25) is 19.7 Å². The van der Waals surface area contributed by atoms with Gasteiger partial charge in [-0.1, -0.05) is 0 Å². The Morgan fingerprint density at radius 3 is 2.55 bits per heavy atom. The first-order valence-corrected chi connectivity index (χ1v) is 2.79. The van der Waals surface area contributed by atoms with Crippen molar-refractivity contribution in [1.29, 1.82) is 0 Å². The molecule has 6 heteroatoms. The molecule has 2 amide bonds. The molecule has 0 aromatic carbocycles. The molecular formula is C5H8N2O4. The van der Waals surface area contributed by atoms with E-state index in [0.29, 0.717) is 0 Å². The first kappa shape index (κ1) is 9.57. The van der Waals surface area contributed by atoms with Crippen LogP contribution in [0.3, 0.4) is 0 Å². The lowest BCUT2D eigenvalue weighted by Gasteiger charge is -2.04. The Morgan fingerprint density at radius 1 is 1.64 bits per heavy atom. The average molecular weight is 160 g/mol. The van der Waals surface area contributed by atoms with Crippen LogP contribution in [0.1, 0.15) is 6.42 Å². The summed E-state index contributed by atoms with van der Waals surface area (Å²) >= 11 is 0. The lowest BCUT2D eigenvalue weighted by Crippen LogP contribution is -2.41. The maximum absolute atomic E-state index is 10.5. The third kappa shape index (κ3) is 4.04. The van der Waals surface area contributed by atoms with Gasteiger partial charge < -0.3 is 10.8 Å². The van der Waals surface area contributed by atoms with E-state index >= 15 is 0 Å². The molecule has 0 saturated carbocycles. The van der Waals surface area contributed by atoms with Gasteiger partial charge in [0.05, 0.1) is 12.5 Å². The highest BCUT2D eigenvalue weighted by Crippen LogP contribution is 1.86. The molecule has 0 aliphatic heterocycles. The molecule has 62 valence electrons. The van der Waals surface area contributed by atoms with E-state index in [1.165, 1.54) is 0 Å². The van der Waals surface area contributed by atoms with Gasteiger partial charge in [0.2, 0.25) is 12.3 Å². The standard InChI is InChI=1S/C5H8N2O4/c6-3(1-4(9)10)5(11)7-2-8/h2-3H,1,6H2,(H,9,10)(H,7,8,11)/t3-/m0/s1. The highest BCUT2D eigenvalue weighted by molar-refractivity contribution is 5.92. The fourth-order valence-corrected chi connectivity index (χ4v) is 0.446. The van der Waals surface area contributed by atoms with Crippen LogP contribution in [0.25, 0.3) is 0 Å². The molecule has 0 aromatic rings. The molecule has 0 heterocycles. The Kier molecular flexibility index (Phi) is 3.82. The average Bonchev–Trinajstić information content (AvgIpc) is 1.86. The Hall–Kier alpha value is -1.43. The molecule has 0 saturated heterocycles. The summed E-state index contributed by atoms with van der Waals surface area (Å²) in [5.41, 5.74) is 5.05. The molecule has 0 unspecified atom stereocenters. The van der Waals surface area contributed by atoms with Gasteiger partial charge in [-0.2, -0.15) is 0 Å². The molecule has 11 heavy (non-hydrogen) atoms. The van der Waals surface area contributed by atoms with Gasteiger partial charge in [0.1, 0.15) is 0 Å². The van der Waals surface area contributed by atoms with Crippen molar-refractivity contribution in [2.45, 2.75) is 12.5 Å². The molecule has 0 aliphatic rings. The maximum Gasteiger partial charge on any atom is 0.305 e. The van der Waals surface area contributed by atoms with Crippen LogP contribution in [0, 0.1) is 0 Å². The highest BCUT2D eigenvalue weighted by atomic mass is 16.4. The first-order chi connectivity index (χ1) is 5.07. The van der Waals surface area contributed by atoms with Crippen LogP contribution in [0.15, 0.2) is 0 Å². The molecule has 0 radical (unpaired) electrons. The van der Waals surface area contributed by atoms with Crippen molar-refractivity contribution in [3.05, 3.63) is 0 Å². The van der Waals surface area contributed by atoms with Crippen molar-refractivity contribution in [2.75, 3.05) is 0 Å². The topological polar surface area (TPSA) is 109 Å². The summed E-state index contributed by atoms with van der Waals surface area (Å²) in [5, 5.41) is 9.90. The number of rotatable bonds is 4. The summed E-state index contributed by atoms with van der Waals surface area (Å²) in [6, 6.07) is -1.17. The summed E-state index contributed by atoms with van der Waals surface area (Å²) in [5.74, 6) is -1.97. The van der Waals surface area contributed by atoms with Crippen molar-refractivity contribution < 1.29 is 19.5 Å². The fraction of sp³-hybridized carbons (Fsp3) is 0.400. The van der Waals surface area contributed by atoms with E-state index in [0.717, 1.165) is 0 Å². The molecule has 0 spiro atoms. The number of hydrogen-bond donors (Lipinski definition) is 3. The minimum Gasteiger partial charge on any atom is -0.481 e. The van der Waals surface area contributed by atoms with E-state index in [1.807, 2.05) is 0 Å². The minimum absolute atomic E-state index is 0.157. The number of carboxylic acid groups (broad SMARTS) is 1.